The van der Waals surface area contributed by atoms with E-state index in [0.717, 1.165) is 0 Å². The van der Waals surface area contributed by atoms with Gasteiger partial charge in [0.1, 0.15) is 6.04 Å². The second kappa shape index (κ2) is 10.8. The number of carboxylic acids is 1. The van der Waals surface area contributed by atoms with Crippen LogP contribution in [0.3, 0.4) is 0 Å². The molecule has 2 amide bonds. The Balaban J connectivity index is 2.00. The van der Waals surface area contributed by atoms with E-state index in [0.29, 0.717) is 11.4 Å². The largest absolute Gasteiger partial charge is 0.552 e. The third-order valence-corrected chi connectivity index (χ3v) is 4.90. The molecule has 13 heteroatoms. The quantitative estimate of drug-likeness (QED) is 0.380. The molecule has 1 aromatic carbocycles. The van der Waals surface area contributed by atoms with Crippen LogP contribution >= 0.6 is 23.2 Å². The maximum Gasteiger partial charge on any atom is 0.552 e. The van der Waals surface area contributed by atoms with Gasteiger partial charge in [0.05, 0.1) is 23.1 Å². The molecule has 2 rings (SSSR count). The minimum Gasteiger partial charge on any atom is -0.506 e. The first-order chi connectivity index (χ1) is 14.5. The van der Waals surface area contributed by atoms with E-state index in [2.05, 4.69) is 10.6 Å². The van der Waals surface area contributed by atoms with E-state index in [9.17, 15) is 19.2 Å². The first-order valence-electron chi connectivity index (χ1n) is 9.36. The molecule has 1 heterocycles. The maximum absolute atomic E-state index is 12.4. The Morgan fingerprint density at radius 2 is 1.97 bits per heavy atom. The van der Waals surface area contributed by atoms with Crippen LogP contribution in [0.15, 0.2) is 18.2 Å². The van der Waals surface area contributed by atoms with Gasteiger partial charge in [-0.1, -0.05) is 37.0 Å². The summed E-state index contributed by atoms with van der Waals surface area (Å²) in [6.45, 7) is 3.35. The van der Waals surface area contributed by atoms with Crippen LogP contribution < -0.4 is 16.4 Å². The van der Waals surface area contributed by atoms with Crippen molar-refractivity contribution in [3.63, 3.8) is 0 Å². The third kappa shape index (κ3) is 6.83. The summed E-state index contributed by atoms with van der Waals surface area (Å²) in [5.74, 6) is -4.24. The molecular weight excluding hydrogens is 452 g/mol. The molecule has 0 unspecified atom stereocenters. The second-order valence-electron chi connectivity index (χ2n) is 7.34. The SMILES string of the molecule is CC(C)C[C@H](NC(=O)CNC(=O)c1cc(Cl)ccc1Cl)B1OC(=O)[C@@H]([C@@H](N)C(=O)O)O1. The molecule has 10 nitrogen and oxygen atoms in total. The summed E-state index contributed by atoms with van der Waals surface area (Å²) in [6.07, 6.45) is -1.13. The summed E-state index contributed by atoms with van der Waals surface area (Å²) in [5, 5.41) is 14.5. The molecule has 0 aromatic heterocycles. The summed E-state index contributed by atoms with van der Waals surface area (Å²) >= 11 is 11.8. The number of hydrogen-bond donors (Lipinski definition) is 4. The van der Waals surface area contributed by atoms with Crippen LogP contribution in [-0.4, -0.2) is 60.6 Å². The number of carbonyl (C=O) groups is 4. The maximum atomic E-state index is 12.4. The topological polar surface area (TPSA) is 157 Å². The number of benzene rings is 1. The molecule has 1 aliphatic heterocycles. The Bertz CT molecular complexity index is 871. The molecule has 0 radical (unpaired) electrons. The predicted octanol–water partition coefficient (Wildman–Crippen LogP) is 0.635. The van der Waals surface area contributed by atoms with E-state index < -0.39 is 55.5 Å². The van der Waals surface area contributed by atoms with Gasteiger partial charge in [0, 0.05) is 5.02 Å². The van der Waals surface area contributed by atoms with E-state index in [-0.39, 0.29) is 16.5 Å². The summed E-state index contributed by atoms with van der Waals surface area (Å²) in [5.41, 5.74) is 5.57. The molecule has 3 atom stereocenters. The lowest BCUT2D eigenvalue weighted by Gasteiger charge is -2.22. The summed E-state index contributed by atoms with van der Waals surface area (Å²) in [7, 11) is -1.22. The molecule has 1 aliphatic rings. The Kier molecular flexibility index (Phi) is 8.69. The fourth-order valence-corrected chi connectivity index (χ4v) is 3.25. The number of rotatable bonds is 9. The highest BCUT2D eigenvalue weighted by Gasteiger charge is 2.49. The van der Waals surface area contributed by atoms with Gasteiger partial charge in [0.25, 0.3) is 5.91 Å². The van der Waals surface area contributed by atoms with Gasteiger partial charge >= 0.3 is 19.1 Å². The van der Waals surface area contributed by atoms with Crippen molar-refractivity contribution < 1.29 is 33.6 Å². The molecule has 0 aliphatic carbocycles. The molecule has 0 bridgehead atoms. The van der Waals surface area contributed by atoms with Gasteiger partial charge in [-0.3, -0.25) is 19.2 Å². The standard InChI is InChI=1S/C18H22BCl2N3O7/c1-8(2)5-12(19-30-15(18(29)31-19)14(22)17(27)28)24-13(25)7-23-16(26)10-6-9(20)3-4-11(10)21/h3-4,6,8,12,14-15H,5,7,22H2,1-2H3,(H,23,26)(H,24,25)(H,27,28)/t12-,14+,15+/m0/s1. The monoisotopic (exact) mass is 473 g/mol. The average molecular weight is 474 g/mol. The first kappa shape index (κ1) is 24.9. The lowest BCUT2D eigenvalue weighted by Crippen LogP contribution is -2.51. The molecule has 1 aromatic rings. The number of amides is 2. The van der Waals surface area contributed by atoms with Gasteiger partial charge < -0.3 is 30.8 Å². The summed E-state index contributed by atoms with van der Waals surface area (Å²) in [6, 6.07) is 2.75. The van der Waals surface area contributed by atoms with E-state index in [4.69, 9.17) is 43.4 Å². The molecular formula is C18H22BCl2N3O7. The highest BCUT2D eigenvalue weighted by Crippen LogP contribution is 2.21. The summed E-state index contributed by atoms with van der Waals surface area (Å²) in [4.78, 5) is 47.6. The molecule has 1 fully saturated rings. The average Bonchev–Trinajstić information content (AvgIpc) is 3.08. The van der Waals surface area contributed by atoms with Gasteiger partial charge in [-0.2, -0.15) is 0 Å². The molecule has 1 saturated heterocycles. The number of halogens is 2. The zero-order valence-electron chi connectivity index (χ0n) is 16.8. The van der Waals surface area contributed by atoms with Crippen LogP contribution in [0.1, 0.15) is 30.6 Å². The minimum atomic E-state index is -1.60. The molecule has 0 spiro atoms. The van der Waals surface area contributed by atoms with Gasteiger partial charge in [0.15, 0.2) is 6.10 Å². The van der Waals surface area contributed by atoms with E-state index in [1.807, 2.05) is 13.8 Å². The van der Waals surface area contributed by atoms with Gasteiger partial charge in [-0.15, -0.1) is 0 Å². The van der Waals surface area contributed by atoms with Crippen molar-refractivity contribution in [2.45, 2.75) is 38.4 Å². The second-order valence-corrected chi connectivity index (χ2v) is 8.18. The van der Waals surface area contributed by atoms with Crippen molar-refractivity contribution in [2.75, 3.05) is 6.54 Å². The zero-order valence-corrected chi connectivity index (χ0v) is 18.3. The Morgan fingerprint density at radius 3 is 2.58 bits per heavy atom. The fourth-order valence-electron chi connectivity index (χ4n) is 2.88. The van der Waals surface area contributed by atoms with Gasteiger partial charge in [-0.25, -0.2) is 0 Å². The molecule has 5 N–H and O–H groups in total. The highest BCUT2D eigenvalue weighted by atomic mass is 35.5. The van der Waals surface area contributed by atoms with Gasteiger partial charge in [-0.05, 0) is 30.5 Å². The number of carboxylic acid groups (broad SMARTS) is 1. The Hall–Kier alpha value is -2.34. The lowest BCUT2D eigenvalue weighted by molar-refractivity contribution is -0.146. The predicted molar refractivity (Wildman–Crippen MR) is 113 cm³/mol. The third-order valence-electron chi connectivity index (χ3n) is 4.34. The number of hydrogen-bond acceptors (Lipinski definition) is 7. The normalized spacial score (nSPS) is 17.8. The van der Waals surface area contributed by atoms with Crippen molar-refractivity contribution in [3.05, 3.63) is 33.8 Å². The van der Waals surface area contributed by atoms with Crippen molar-refractivity contribution in [3.8, 4) is 0 Å². The first-order valence-corrected chi connectivity index (χ1v) is 10.1. The molecule has 31 heavy (non-hydrogen) atoms. The van der Waals surface area contributed by atoms with Crippen LogP contribution in [0.2, 0.25) is 10.0 Å². The number of nitrogens with one attached hydrogen (secondary N) is 2. The van der Waals surface area contributed by atoms with Crippen LogP contribution in [0.4, 0.5) is 0 Å². The van der Waals surface area contributed by atoms with Crippen LogP contribution in [0.25, 0.3) is 0 Å². The zero-order chi connectivity index (χ0) is 23.3. The minimum absolute atomic E-state index is 0.0691. The van der Waals surface area contributed by atoms with Crippen LogP contribution in [0.5, 0.6) is 0 Å². The van der Waals surface area contributed by atoms with Crippen LogP contribution in [-0.2, 0) is 23.7 Å². The molecule has 0 saturated carbocycles. The van der Waals surface area contributed by atoms with Crippen molar-refractivity contribution in [1.82, 2.24) is 10.6 Å². The highest BCUT2D eigenvalue weighted by molar-refractivity contribution is 6.51. The number of aliphatic carboxylic acids is 1. The van der Waals surface area contributed by atoms with Crippen molar-refractivity contribution in [2.24, 2.45) is 11.7 Å². The molecule has 168 valence electrons. The number of carbonyl (C=O) groups excluding carboxylic acids is 3. The van der Waals surface area contributed by atoms with E-state index >= 15 is 0 Å². The lowest BCUT2D eigenvalue weighted by atomic mass is 9.74. The number of nitrogens with two attached hydrogens (primary N) is 1. The Morgan fingerprint density at radius 1 is 1.29 bits per heavy atom. The fraction of sp³-hybridized carbons (Fsp3) is 0.444. The van der Waals surface area contributed by atoms with Crippen LogP contribution in [0, 0.1) is 5.92 Å². The smallest absolute Gasteiger partial charge is 0.506 e. The van der Waals surface area contributed by atoms with Crippen molar-refractivity contribution in [1.29, 1.82) is 0 Å². The summed E-state index contributed by atoms with van der Waals surface area (Å²) < 4.78 is 10.5. The van der Waals surface area contributed by atoms with Crippen molar-refractivity contribution >= 4 is 54.1 Å². The Labute approximate surface area is 188 Å². The van der Waals surface area contributed by atoms with E-state index in [1.54, 1.807) is 0 Å². The van der Waals surface area contributed by atoms with E-state index in [1.165, 1.54) is 18.2 Å². The van der Waals surface area contributed by atoms with Gasteiger partial charge in [0.2, 0.25) is 5.91 Å².